The zero-order valence-electron chi connectivity index (χ0n) is 13.2. The zero-order valence-corrected chi connectivity index (χ0v) is 13.2. The quantitative estimate of drug-likeness (QED) is 0.838. The number of aromatic carboxylic acids is 1. The molecule has 0 aliphatic carbocycles. The van der Waals surface area contributed by atoms with E-state index in [4.69, 9.17) is 5.11 Å². The fourth-order valence-electron chi connectivity index (χ4n) is 2.35. The third-order valence-corrected chi connectivity index (χ3v) is 3.43. The van der Waals surface area contributed by atoms with Crippen molar-refractivity contribution in [3.63, 3.8) is 0 Å². The van der Waals surface area contributed by atoms with Crippen LogP contribution in [0.4, 0.5) is 0 Å². The van der Waals surface area contributed by atoms with Crippen molar-refractivity contribution in [1.82, 2.24) is 9.88 Å². The molecule has 1 rings (SSSR count). The van der Waals surface area contributed by atoms with Gasteiger partial charge in [-0.2, -0.15) is 0 Å². The van der Waals surface area contributed by atoms with Crippen LogP contribution in [-0.4, -0.2) is 39.5 Å². The first-order valence-corrected chi connectivity index (χ1v) is 7.40. The summed E-state index contributed by atoms with van der Waals surface area (Å²) >= 11 is 0. The van der Waals surface area contributed by atoms with E-state index in [1.165, 1.54) is 18.3 Å². The molecule has 1 heterocycles. The number of hydrogen-bond acceptors (Lipinski definition) is 3. The Balaban J connectivity index is 3.09. The molecule has 0 radical (unpaired) electrons. The molecule has 0 saturated heterocycles. The second-order valence-corrected chi connectivity index (χ2v) is 5.56. The first kappa shape index (κ1) is 17.1. The van der Waals surface area contributed by atoms with E-state index in [2.05, 4.69) is 32.7 Å². The molecule has 0 aliphatic rings. The van der Waals surface area contributed by atoms with Crippen LogP contribution >= 0.6 is 0 Å². The summed E-state index contributed by atoms with van der Waals surface area (Å²) in [6, 6.07) is 2.89. The summed E-state index contributed by atoms with van der Waals surface area (Å²) in [4.78, 5) is 29.6. The molecule has 5 nitrogen and oxygen atoms in total. The lowest BCUT2D eigenvalue weighted by Crippen LogP contribution is -2.42. The van der Waals surface area contributed by atoms with Crippen LogP contribution < -0.4 is 0 Å². The molecule has 0 spiro atoms. The van der Waals surface area contributed by atoms with Gasteiger partial charge in [0.05, 0.1) is 5.56 Å². The Morgan fingerprint density at radius 1 is 1.29 bits per heavy atom. The standard InChI is InChI=1S/C16H24N2O3/c1-5-13(6-2)18(10-11(3)4)15(19)14-9-12(16(20)21)7-8-17-14/h7-9,11,13H,5-6,10H2,1-4H3,(H,20,21). The molecular formula is C16H24N2O3. The average Bonchev–Trinajstić information content (AvgIpc) is 2.46. The molecule has 1 aromatic heterocycles. The maximum Gasteiger partial charge on any atom is 0.335 e. The number of amides is 1. The first-order valence-electron chi connectivity index (χ1n) is 7.40. The molecule has 5 heteroatoms. The monoisotopic (exact) mass is 292 g/mol. The smallest absolute Gasteiger partial charge is 0.335 e. The van der Waals surface area contributed by atoms with Crippen LogP contribution in [0, 0.1) is 5.92 Å². The molecule has 21 heavy (non-hydrogen) atoms. The highest BCUT2D eigenvalue weighted by Gasteiger charge is 2.24. The highest BCUT2D eigenvalue weighted by molar-refractivity contribution is 5.96. The predicted molar refractivity (Wildman–Crippen MR) is 81.4 cm³/mol. The van der Waals surface area contributed by atoms with Crippen LogP contribution in [-0.2, 0) is 0 Å². The Morgan fingerprint density at radius 2 is 1.90 bits per heavy atom. The lowest BCUT2D eigenvalue weighted by atomic mass is 10.1. The zero-order chi connectivity index (χ0) is 16.0. The van der Waals surface area contributed by atoms with Gasteiger partial charge in [-0.1, -0.05) is 27.7 Å². The van der Waals surface area contributed by atoms with Crippen LogP contribution in [0.15, 0.2) is 18.3 Å². The fraction of sp³-hybridized carbons (Fsp3) is 0.562. The first-order chi connectivity index (χ1) is 9.90. The normalized spacial score (nSPS) is 11.0. The number of carbonyl (C=O) groups excluding carboxylic acids is 1. The Labute approximate surface area is 126 Å². The van der Waals surface area contributed by atoms with Crippen molar-refractivity contribution < 1.29 is 14.7 Å². The van der Waals surface area contributed by atoms with Crippen molar-refractivity contribution in [3.8, 4) is 0 Å². The summed E-state index contributed by atoms with van der Waals surface area (Å²) in [7, 11) is 0. The Hall–Kier alpha value is -1.91. The Bertz CT molecular complexity index is 496. The van der Waals surface area contributed by atoms with Crippen LogP contribution in [0.1, 0.15) is 61.4 Å². The minimum absolute atomic E-state index is 0.0855. The van der Waals surface area contributed by atoms with Crippen LogP contribution in [0.3, 0.4) is 0 Å². The molecular weight excluding hydrogens is 268 g/mol. The number of aromatic nitrogens is 1. The highest BCUT2D eigenvalue weighted by Crippen LogP contribution is 2.15. The van der Waals surface area contributed by atoms with Gasteiger partial charge >= 0.3 is 5.97 Å². The minimum Gasteiger partial charge on any atom is -0.478 e. The maximum atomic E-state index is 12.7. The van der Waals surface area contributed by atoms with Gasteiger partial charge in [-0.3, -0.25) is 9.78 Å². The van der Waals surface area contributed by atoms with E-state index in [-0.39, 0.29) is 23.2 Å². The van der Waals surface area contributed by atoms with Crippen LogP contribution in [0.25, 0.3) is 0 Å². The number of carboxylic acid groups (broad SMARTS) is 1. The van der Waals surface area contributed by atoms with Gasteiger partial charge < -0.3 is 10.0 Å². The minimum atomic E-state index is -1.05. The molecule has 0 aliphatic heterocycles. The van der Waals surface area contributed by atoms with Gasteiger partial charge in [0.25, 0.3) is 5.91 Å². The third kappa shape index (κ3) is 4.55. The lowest BCUT2D eigenvalue weighted by Gasteiger charge is -2.31. The van der Waals surface area contributed by atoms with E-state index in [9.17, 15) is 9.59 Å². The Kier molecular flexibility index (Phi) is 6.34. The summed E-state index contributed by atoms with van der Waals surface area (Å²) in [5.41, 5.74) is 0.282. The molecule has 1 N–H and O–H groups in total. The molecule has 0 fully saturated rings. The van der Waals surface area contributed by atoms with Crippen molar-refractivity contribution in [1.29, 1.82) is 0 Å². The number of nitrogens with zero attached hydrogens (tertiary/aromatic N) is 2. The van der Waals surface area contributed by atoms with Crippen molar-refractivity contribution in [2.75, 3.05) is 6.54 Å². The molecule has 0 saturated carbocycles. The molecule has 0 atom stereocenters. The largest absolute Gasteiger partial charge is 0.478 e. The topological polar surface area (TPSA) is 70.5 Å². The maximum absolute atomic E-state index is 12.7. The summed E-state index contributed by atoms with van der Waals surface area (Å²) in [6.45, 7) is 8.86. The number of hydrogen-bond donors (Lipinski definition) is 1. The summed E-state index contributed by atoms with van der Waals surface area (Å²) in [5.74, 6) is -0.901. The molecule has 116 valence electrons. The van der Waals surface area contributed by atoms with Gasteiger partial charge in [0, 0.05) is 18.8 Å². The second-order valence-electron chi connectivity index (χ2n) is 5.56. The number of pyridine rings is 1. The van der Waals surface area contributed by atoms with E-state index < -0.39 is 5.97 Å². The summed E-state index contributed by atoms with van der Waals surface area (Å²) in [6.07, 6.45) is 3.11. The molecule has 0 aromatic carbocycles. The summed E-state index contributed by atoms with van der Waals surface area (Å²) in [5, 5.41) is 9.02. The molecule has 0 unspecified atom stereocenters. The third-order valence-electron chi connectivity index (χ3n) is 3.43. The van der Waals surface area contributed by atoms with Gasteiger partial charge in [0.15, 0.2) is 0 Å². The second kappa shape index (κ2) is 7.76. The number of rotatable bonds is 7. The van der Waals surface area contributed by atoms with Crippen LogP contribution in [0.5, 0.6) is 0 Å². The van der Waals surface area contributed by atoms with E-state index in [0.717, 1.165) is 12.8 Å². The van der Waals surface area contributed by atoms with Crippen molar-refractivity contribution in [3.05, 3.63) is 29.6 Å². The summed E-state index contributed by atoms with van der Waals surface area (Å²) < 4.78 is 0. The van der Waals surface area contributed by atoms with Gasteiger partial charge in [-0.15, -0.1) is 0 Å². The predicted octanol–water partition coefficient (Wildman–Crippen LogP) is 3.07. The van der Waals surface area contributed by atoms with E-state index in [1.54, 1.807) is 0 Å². The van der Waals surface area contributed by atoms with Gasteiger partial charge in [0.1, 0.15) is 5.69 Å². The number of carbonyl (C=O) groups is 2. The van der Waals surface area contributed by atoms with Crippen molar-refractivity contribution >= 4 is 11.9 Å². The van der Waals surface area contributed by atoms with E-state index in [1.807, 2.05) is 4.90 Å². The van der Waals surface area contributed by atoms with Crippen molar-refractivity contribution in [2.45, 2.75) is 46.6 Å². The lowest BCUT2D eigenvalue weighted by molar-refractivity contribution is 0.0634. The van der Waals surface area contributed by atoms with E-state index >= 15 is 0 Å². The van der Waals surface area contributed by atoms with Gasteiger partial charge in [0.2, 0.25) is 0 Å². The number of carboxylic acids is 1. The Morgan fingerprint density at radius 3 is 2.38 bits per heavy atom. The molecule has 0 bridgehead atoms. The average molecular weight is 292 g/mol. The highest BCUT2D eigenvalue weighted by atomic mass is 16.4. The van der Waals surface area contributed by atoms with Gasteiger partial charge in [-0.25, -0.2) is 4.79 Å². The van der Waals surface area contributed by atoms with Crippen molar-refractivity contribution in [2.24, 2.45) is 5.92 Å². The van der Waals surface area contributed by atoms with E-state index in [0.29, 0.717) is 12.5 Å². The fourth-order valence-corrected chi connectivity index (χ4v) is 2.35. The molecule has 1 amide bonds. The SMILES string of the molecule is CCC(CC)N(CC(C)C)C(=O)c1cc(C(=O)O)ccn1. The molecule has 1 aromatic rings. The van der Waals surface area contributed by atoms with Gasteiger partial charge in [-0.05, 0) is 30.9 Å². The van der Waals surface area contributed by atoms with Crippen LogP contribution in [0.2, 0.25) is 0 Å².